The monoisotopic (exact) mass is 421 g/mol. The fourth-order valence-corrected chi connectivity index (χ4v) is 4.80. The number of para-hydroxylation sites is 1. The third-order valence-electron chi connectivity index (χ3n) is 4.48. The van der Waals surface area contributed by atoms with Crippen LogP contribution in [0.15, 0.2) is 60.7 Å². The zero-order chi connectivity index (χ0) is 20.4. The van der Waals surface area contributed by atoms with Gasteiger partial charge in [-0.2, -0.15) is 0 Å². The molecule has 29 heavy (non-hydrogen) atoms. The van der Waals surface area contributed by atoms with E-state index in [0.717, 1.165) is 25.7 Å². The maximum absolute atomic E-state index is 12.7. The lowest BCUT2D eigenvalue weighted by Gasteiger charge is -2.15. The molecule has 4 aromatic rings. The highest BCUT2D eigenvalue weighted by atomic mass is 32.1. The lowest BCUT2D eigenvalue weighted by Crippen LogP contribution is -2.23. The Morgan fingerprint density at radius 1 is 1.03 bits per heavy atom. The van der Waals surface area contributed by atoms with Crippen molar-refractivity contribution in [2.75, 3.05) is 12.4 Å². The van der Waals surface area contributed by atoms with Crippen molar-refractivity contribution < 1.29 is 9.59 Å². The SMILES string of the molecule is CC(=O)N(C)Cc1cccc(NC(=O)c2ccc(-c3nc4ccccc4s3)s2)c1. The van der Waals surface area contributed by atoms with Crippen LogP contribution in [0.25, 0.3) is 20.1 Å². The number of nitrogens with zero attached hydrogens (tertiary/aromatic N) is 2. The zero-order valence-corrected chi connectivity index (χ0v) is 17.6. The summed E-state index contributed by atoms with van der Waals surface area (Å²) in [6.45, 7) is 2.03. The summed E-state index contributed by atoms with van der Waals surface area (Å²) < 4.78 is 1.13. The number of thiophene rings is 1. The van der Waals surface area contributed by atoms with Crippen molar-refractivity contribution in [3.05, 3.63) is 71.1 Å². The smallest absolute Gasteiger partial charge is 0.265 e. The number of thiazole rings is 1. The largest absolute Gasteiger partial charge is 0.342 e. The van der Waals surface area contributed by atoms with Gasteiger partial charge < -0.3 is 10.2 Å². The van der Waals surface area contributed by atoms with Crippen LogP contribution in [-0.4, -0.2) is 28.7 Å². The first-order valence-corrected chi connectivity index (χ1v) is 10.7. The molecule has 2 amide bonds. The molecule has 5 nitrogen and oxygen atoms in total. The number of carbonyl (C=O) groups excluding carboxylic acids is 2. The summed E-state index contributed by atoms with van der Waals surface area (Å²) in [5.41, 5.74) is 2.64. The first-order valence-electron chi connectivity index (χ1n) is 9.07. The summed E-state index contributed by atoms with van der Waals surface area (Å²) in [5.74, 6) is -0.153. The molecular weight excluding hydrogens is 402 g/mol. The van der Waals surface area contributed by atoms with Gasteiger partial charge in [0.05, 0.1) is 20.0 Å². The number of benzene rings is 2. The summed E-state index contributed by atoms with van der Waals surface area (Å²) in [6, 6.07) is 19.3. The molecule has 0 bridgehead atoms. The van der Waals surface area contributed by atoms with Crippen LogP contribution < -0.4 is 5.32 Å². The first-order chi connectivity index (χ1) is 14.0. The Bertz CT molecular complexity index is 1160. The van der Waals surface area contributed by atoms with E-state index in [4.69, 9.17) is 0 Å². The van der Waals surface area contributed by atoms with E-state index in [0.29, 0.717) is 17.1 Å². The Labute approximate surface area is 176 Å². The molecule has 0 aliphatic carbocycles. The number of hydrogen-bond donors (Lipinski definition) is 1. The van der Waals surface area contributed by atoms with Crippen molar-refractivity contribution >= 4 is 50.4 Å². The molecule has 2 heterocycles. The van der Waals surface area contributed by atoms with Crippen LogP contribution in [0.2, 0.25) is 0 Å². The molecule has 0 saturated carbocycles. The van der Waals surface area contributed by atoms with E-state index in [1.54, 1.807) is 23.3 Å². The topological polar surface area (TPSA) is 62.3 Å². The second-order valence-electron chi connectivity index (χ2n) is 6.68. The molecule has 0 saturated heterocycles. The molecule has 1 N–H and O–H groups in total. The Balaban J connectivity index is 1.49. The maximum atomic E-state index is 12.7. The molecule has 0 atom stereocenters. The van der Waals surface area contributed by atoms with Gasteiger partial charge in [-0.15, -0.1) is 22.7 Å². The van der Waals surface area contributed by atoms with Crippen molar-refractivity contribution in [2.45, 2.75) is 13.5 Å². The molecule has 0 aliphatic heterocycles. The zero-order valence-electron chi connectivity index (χ0n) is 16.0. The molecule has 0 spiro atoms. The maximum Gasteiger partial charge on any atom is 0.265 e. The minimum atomic E-state index is -0.153. The van der Waals surface area contributed by atoms with Gasteiger partial charge in [-0.25, -0.2) is 4.98 Å². The van der Waals surface area contributed by atoms with Crippen LogP contribution in [0.4, 0.5) is 5.69 Å². The highest BCUT2D eigenvalue weighted by Gasteiger charge is 2.14. The summed E-state index contributed by atoms with van der Waals surface area (Å²) >= 11 is 3.06. The molecule has 0 radical (unpaired) electrons. The standard InChI is InChI=1S/C22H19N3O2S2/c1-14(26)25(2)13-15-6-5-7-16(12-15)23-21(27)19-10-11-20(28-19)22-24-17-8-3-4-9-18(17)29-22/h3-12H,13H2,1-2H3,(H,23,27). The molecule has 0 aliphatic rings. The van der Waals surface area contributed by atoms with E-state index in [1.807, 2.05) is 60.7 Å². The number of rotatable bonds is 5. The molecular formula is C22H19N3O2S2. The van der Waals surface area contributed by atoms with Crippen molar-refractivity contribution in [3.8, 4) is 9.88 Å². The van der Waals surface area contributed by atoms with E-state index < -0.39 is 0 Å². The van der Waals surface area contributed by atoms with E-state index in [2.05, 4.69) is 10.3 Å². The van der Waals surface area contributed by atoms with Gasteiger partial charge in [-0.05, 0) is 42.0 Å². The van der Waals surface area contributed by atoms with E-state index in [9.17, 15) is 9.59 Å². The molecule has 2 aromatic heterocycles. The summed E-state index contributed by atoms with van der Waals surface area (Å²) in [6.07, 6.45) is 0. The van der Waals surface area contributed by atoms with Crippen molar-refractivity contribution in [1.82, 2.24) is 9.88 Å². The average molecular weight is 422 g/mol. The predicted octanol–water partition coefficient (Wildman–Crippen LogP) is 5.26. The lowest BCUT2D eigenvalue weighted by atomic mass is 10.2. The predicted molar refractivity (Wildman–Crippen MR) is 119 cm³/mol. The molecule has 4 rings (SSSR count). The van der Waals surface area contributed by atoms with Gasteiger partial charge >= 0.3 is 0 Å². The molecule has 2 aromatic carbocycles. The fraction of sp³-hybridized carbons (Fsp3) is 0.136. The summed E-state index contributed by atoms with van der Waals surface area (Å²) in [4.78, 5) is 32.0. The van der Waals surface area contributed by atoms with Crippen molar-refractivity contribution in [1.29, 1.82) is 0 Å². The number of aromatic nitrogens is 1. The third-order valence-corrected chi connectivity index (χ3v) is 6.77. The highest BCUT2D eigenvalue weighted by molar-refractivity contribution is 7.26. The number of nitrogens with one attached hydrogen (secondary N) is 1. The van der Waals surface area contributed by atoms with Gasteiger partial charge in [0, 0.05) is 26.2 Å². The van der Waals surface area contributed by atoms with Crippen LogP contribution in [-0.2, 0) is 11.3 Å². The van der Waals surface area contributed by atoms with Crippen LogP contribution in [0.5, 0.6) is 0 Å². The molecule has 146 valence electrons. The Morgan fingerprint density at radius 3 is 2.66 bits per heavy atom. The third kappa shape index (κ3) is 4.36. The van der Waals surface area contributed by atoms with E-state index in [1.165, 1.54) is 18.3 Å². The minimum Gasteiger partial charge on any atom is -0.342 e. The highest BCUT2D eigenvalue weighted by Crippen LogP contribution is 2.34. The van der Waals surface area contributed by atoms with Gasteiger partial charge in [-0.3, -0.25) is 9.59 Å². The average Bonchev–Trinajstić information content (AvgIpc) is 3.35. The van der Waals surface area contributed by atoms with Crippen LogP contribution in [0, 0.1) is 0 Å². The fourth-order valence-electron chi connectivity index (χ4n) is 2.88. The minimum absolute atomic E-state index is 0.000371. The number of fused-ring (bicyclic) bond motifs is 1. The van der Waals surface area contributed by atoms with Gasteiger partial charge in [0.1, 0.15) is 5.01 Å². The van der Waals surface area contributed by atoms with Gasteiger partial charge in [0.15, 0.2) is 0 Å². The van der Waals surface area contributed by atoms with E-state index >= 15 is 0 Å². The van der Waals surface area contributed by atoms with Crippen LogP contribution in [0.1, 0.15) is 22.2 Å². The Morgan fingerprint density at radius 2 is 1.86 bits per heavy atom. The number of amides is 2. The van der Waals surface area contributed by atoms with Gasteiger partial charge in [0.25, 0.3) is 5.91 Å². The normalized spacial score (nSPS) is 10.8. The van der Waals surface area contributed by atoms with Crippen molar-refractivity contribution in [3.63, 3.8) is 0 Å². The van der Waals surface area contributed by atoms with Gasteiger partial charge in [0.2, 0.25) is 5.91 Å². The lowest BCUT2D eigenvalue weighted by molar-refractivity contribution is -0.128. The molecule has 0 unspecified atom stereocenters. The number of anilines is 1. The Kier molecular flexibility index (Phi) is 5.42. The van der Waals surface area contributed by atoms with Crippen LogP contribution >= 0.6 is 22.7 Å². The quantitative estimate of drug-likeness (QED) is 0.478. The number of hydrogen-bond acceptors (Lipinski definition) is 5. The molecule has 7 heteroatoms. The second-order valence-corrected chi connectivity index (χ2v) is 8.79. The summed E-state index contributed by atoms with van der Waals surface area (Å²) in [7, 11) is 1.75. The van der Waals surface area contributed by atoms with Gasteiger partial charge in [-0.1, -0.05) is 24.3 Å². The van der Waals surface area contributed by atoms with E-state index in [-0.39, 0.29) is 11.8 Å². The van der Waals surface area contributed by atoms with Crippen molar-refractivity contribution in [2.24, 2.45) is 0 Å². The first kappa shape index (κ1) is 19.3. The molecule has 0 fully saturated rings. The van der Waals surface area contributed by atoms with Crippen LogP contribution in [0.3, 0.4) is 0 Å². The summed E-state index contributed by atoms with van der Waals surface area (Å²) in [5, 5.41) is 3.86. The second kappa shape index (κ2) is 8.14. The number of carbonyl (C=O) groups is 2. The Hall–Kier alpha value is -3.03.